The summed E-state index contributed by atoms with van der Waals surface area (Å²) in [5.41, 5.74) is 1.78. The summed E-state index contributed by atoms with van der Waals surface area (Å²) in [6, 6.07) is 13.0. The molecule has 0 radical (unpaired) electrons. The zero-order valence-electron chi connectivity index (χ0n) is 18.8. The number of carbonyl (C=O) groups excluding carboxylic acids is 1. The van der Waals surface area contributed by atoms with E-state index in [2.05, 4.69) is 4.90 Å². The van der Waals surface area contributed by atoms with Crippen LogP contribution in [0.3, 0.4) is 0 Å². The first-order valence-electron chi connectivity index (χ1n) is 11.2. The van der Waals surface area contributed by atoms with Gasteiger partial charge in [0.2, 0.25) is 0 Å². The number of hydrogen-bond donors (Lipinski definition) is 0. The molecule has 0 aliphatic carbocycles. The van der Waals surface area contributed by atoms with Crippen LogP contribution in [0.2, 0.25) is 0 Å². The highest BCUT2D eigenvalue weighted by molar-refractivity contribution is 8.26. The molecule has 5 rings (SSSR count). The third kappa shape index (κ3) is 4.33. The van der Waals surface area contributed by atoms with Gasteiger partial charge in [-0.2, -0.15) is 0 Å². The summed E-state index contributed by atoms with van der Waals surface area (Å²) in [5.74, 6) is 1.19. The maximum atomic E-state index is 13.5. The number of pyridine rings is 1. The summed E-state index contributed by atoms with van der Waals surface area (Å²) in [7, 11) is 1.62. The van der Waals surface area contributed by atoms with Crippen molar-refractivity contribution in [1.29, 1.82) is 0 Å². The number of benzene rings is 1. The van der Waals surface area contributed by atoms with Gasteiger partial charge >= 0.3 is 0 Å². The molecular weight excluding hydrogens is 468 g/mol. The molecule has 2 fully saturated rings. The van der Waals surface area contributed by atoms with Crippen molar-refractivity contribution in [3.05, 3.63) is 75.0 Å². The average Bonchev–Trinajstić information content (AvgIpc) is 3.14. The number of carbonyl (C=O) groups is 1. The second-order valence-corrected chi connectivity index (χ2v) is 9.92. The standard InChI is InChI=1S/C25H24N4O3S2/c1-32-18-10-8-17(9-11-18)16-29-24(31)20(34-25(29)33)15-19-22(27-12-4-2-5-13-27)26-21-7-3-6-14-28(21)23(19)30/h3,6-11,14-15H,2,4-5,12-13,16H2,1H3. The number of piperidine rings is 1. The summed E-state index contributed by atoms with van der Waals surface area (Å²) in [6.45, 7) is 2.05. The molecule has 1 amide bonds. The van der Waals surface area contributed by atoms with Crippen LogP contribution in [0.1, 0.15) is 30.4 Å². The third-order valence-electron chi connectivity index (χ3n) is 6.05. The molecule has 2 aromatic heterocycles. The number of thioether (sulfide) groups is 1. The van der Waals surface area contributed by atoms with Crippen LogP contribution in [0.5, 0.6) is 5.75 Å². The van der Waals surface area contributed by atoms with Crippen molar-refractivity contribution < 1.29 is 9.53 Å². The minimum atomic E-state index is -0.201. The van der Waals surface area contributed by atoms with E-state index in [1.807, 2.05) is 36.4 Å². The van der Waals surface area contributed by atoms with Gasteiger partial charge < -0.3 is 9.64 Å². The molecule has 0 atom stereocenters. The smallest absolute Gasteiger partial charge is 0.267 e. The lowest BCUT2D eigenvalue weighted by atomic mass is 10.1. The number of fused-ring (bicyclic) bond motifs is 1. The Balaban J connectivity index is 1.52. The maximum absolute atomic E-state index is 13.5. The van der Waals surface area contributed by atoms with E-state index >= 15 is 0 Å². The zero-order valence-corrected chi connectivity index (χ0v) is 20.4. The molecule has 1 aromatic carbocycles. The number of rotatable bonds is 5. The van der Waals surface area contributed by atoms with E-state index in [1.165, 1.54) is 22.6 Å². The van der Waals surface area contributed by atoms with E-state index in [1.54, 1.807) is 30.3 Å². The number of amides is 1. The fourth-order valence-corrected chi connectivity index (χ4v) is 5.48. The van der Waals surface area contributed by atoms with Crippen molar-refractivity contribution in [3.63, 3.8) is 0 Å². The van der Waals surface area contributed by atoms with E-state index in [0.29, 0.717) is 32.8 Å². The Bertz CT molecular complexity index is 1340. The van der Waals surface area contributed by atoms with Crippen LogP contribution < -0.4 is 15.2 Å². The largest absolute Gasteiger partial charge is 0.497 e. The van der Waals surface area contributed by atoms with Crippen molar-refractivity contribution in [1.82, 2.24) is 14.3 Å². The monoisotopic (exact) mass is 492 g/mol. The van der Waals surface area contributed by atoms with Crippen LogP contribution in [0, 0.1) is 0 Å². The number of thiocarbonyl (C=S) groups is 1. The first-order chi connectivity index (χ1) is 16.5. The van der Waals surface area contributed by atoms with E-state index in [-0.39, 0.29) is 11.5 Å². The zero-order chi connectivity index (χ0) is 23.7. The number of aromatic nitrogens is 2. The molecule has 2 aliphatic heterocycles. The van der Waals surface area contributed by atoms with Gasteiger partial charge in [-0.25, -0.2) is 4.98 Å². The molecule has 174 valence electrons. The second-order valence-electron chi connectivity index (χ2n) is 8.25. The predicted molar refractivity (Wildman–Crippen MR) is 139 cm³/mol. The molecule has 4 heterocycles. The van der Waals surface area contributed by atoms with E-state index in [0.717, 1.165) is 37.2 Å². The minimum absolute atomic E-state index is 0.188. The van der Waals surface area contributed by atoms with Gasteiger partial charge in [0.1, 0.15) is 21.5 Å². The Morgan fingerprint density at radius 2 is 1.85 bits per heavy atom. The average molecular weight is 493 g/mol. The number of ether oxygens (including phenoxy) is 1. The Hall–Kier alpha value is -3.17. The first-order valence-corrected chi connectivity index (χ1v) is 12.4. The molecule has 34 heavy (non-hydrogen) atoms. The molecule has 7 nitrogen and oxygen atoms in total. The molecule has 2 aliphatic rings. The fraction of sp³-hybridized carbons (Fsp3) is 0.280. The van der Waals surface area contributed by atoms with Crippen molar-refractivity contribution in [2.24, 2.45) is 0 Å². The Morgan fingerprint density at radius 3 is 2.59 bits per heavy atom. The minimum Gasteiger partial charge on any atom is -0.497 e. The third-order valence-corrected chi connectivity index (χ3v) is 7.43. The maximum Gasteiger partial charge on any atom is 0.267 e. The molecule has 9 heteroatoms. The number of methoxy groups -OCH3 is 1. The van der Waals surface area contributed by atoms with E-state index in [4.69, 9.17) is 21.9 Å². The number of nitrogens with zero attached hydrogens (tertiary/aromatic N) is 4. The summed E-state index contributed by atoms with van der Waals surface area (Å²) in [5, 5.41) is 0. The molecule has 0 spiro atoms. The van der Waals surface area contributed by atoms with E-state index in [9.17, 15) is 9.59 Å². The van der Waals surface area contributed by atoms with Gasteiger partial charge in [0, 0.05) is 19.3 Å². The molecule has 0 N–H and O–H groups in total. The van der Waals surface area contributed by atoms with Gasteiger partial charge in [0.15, 0.2) is 0 Å². The summed E-state index contributed by atoms with van der Waals surface area (Å²) in [4.78, 5) is 35.7. The summed E-state index contributed by atoms with van der Waals surface area (Å²) >= 11 is 6.74. The molecule has 3 aromatic rings. The lowest BCUT2D eigenvalue weighted by Gasteiger charge is -2.29. The predicted octanol–water partition coefficient (Wildman–Crippen LogP) is 4.09. The molecule has 0 bridgehead atoms. The van der Waals surface area contributed by atoms with Crippen LogP contribution >= 0.6 is 24.0 Å². The molecular formula is C25H24N4O3S2. The van der Waals surface area contributed by atoms with Crippen molar-refractivity contribution in [2.45, 2.75) is 25.8 Å². The Morgan fingerprint density at radius 1 is 1.09 bits per heavy atom. The highest BCUT2D eigenvalue weighted by Crippen LogP contribution is 2.35. The number of anilines is 1. The first kappa shape index (κ1) is 22.6. The summed E-state index contributed by atoms with van der Waals surface area (Å²) < 4.78 is 7.20. The van der Waals surface area contributed by atoms with Crippen LogP contribution in [-0.4, -0.2) is 44.7 Å². The topological polar surface area (TPSA) is 67.2 Å². The quantitative estimate of drug-likeness (QED) is 0.393. The van der Waals surface area contributed by atoms with Crippen molar-refractivity contribution in [2.75, 3.05) is 25.1 Å². The summed E-state index contributed by atoms with van der Waals surface area (Å²) in [6.07, 6.45) is 6.66. The van der Waals surface area contributed by atoms with Gasteiger partial charge in [-0.3, -0.25) is 18.9 Å². The van der Waals surface area contributed by atoms with Gasteiger partial charge in [-0.15, -0.1) is 0 Å². The highest BCUT2D eigenvalue weighted by Gasteiger charge is 2.33. The SMILES string of the molecule is COc1ccc(CN2C(=O)C(=Cc3c(N4CCCCC4)nc4ccccn4c3=O)SC2=S)cc1. The van der Waals surface area contributed by atoms with Crippen LogP contribution in [0.25, 0.3) is 11.7 Å². The van der Waals surface area contributed by atoms with E-state index < -0.39 is 0 Å². The normalized spacial score (nSPS) is 17.7. The molecule has 0 saturated carbocycles. The molecule has 0 unspecified atom stereocenters. The van der Waals surface area contributed by atoms with Crippen LogP contribution in [0.15, 0.2) is 58.4 Å². The Kier molecular flexibility index (Phi) is 6.38. The highest BCUT2D eigenvalue weighted by atomic mass is 32.2. The van der Waals surface area contributed by atoms with Gasteiger partial charge in [-0.05, 0) is 55.2 Å². The lowest BCUT2D eigenvalue weighted by Crippen LogP contribution is -2.33. The van der Waals surface area contributed by atoms with Crippen LogP contribution in [0.4, 0.5) is 5.82 Å². The van der Waals surface area contributed by atoms with Crippen LogP contribution in [-0.2, 0) is 11.3 Å². The van der Waals surface area contributed by atoms with Gasteiger partial charge in [-0.1, -0.05) is 42.2 Å². The molecule has 2 saturated heterocycles. The van der Waals surface area contributed by atoms with Gasteiger partial charge in [0.05, 0.1) is 24.1 Å². The van der Waals surface area contributed by atoms with Crippen molar-refractivity contribution in [3.8, 4) is 5.75 Å². The fourth-order valence-electron chi connectivity index (χ4n) is 4.25. The van der Waals surface area contributed by atoms with Crippen molar-refractivity contribution >= 4 is 51.7 Å². The lowest BCUT2D eigenvalue weighted by molar-refractivity contribution is -0.122. The Labute approximate surface area is 207 Å². The second kappa shape index (κ2) is 9.60. The van der Waals surface area contributed by atoms with Gasteiger partial charge in [0.25, 0.3) is 11.5 Å². The number of hydrogen-bond acceptors (Lipinski definition) is 7.